The van der Waals surface area contributed by atoms with Crippen molar-refractivity contribution in [1.29, 1.82) is 0 Å². The first-order valence-electron chi connectivity index (χ1n) is 7.69. The number of nitrogens with one attached hydrogen (secondary N) is 1. The summed E-state index contributed by atoms with van der Waals surface area (Å²) in [5.41, 5.74) is 1.28. The molecule has 1 N–H and O–H groups in total. The number of benzene rings is 1. The minimum atomic E-state index is 0.453. The van der Waals surface area contributed by atoms with Crippen molar-refractivity contribution in [3.63, 3.8) is 0 Å². The molecule has 1 saturated heterocycles. The molecule has 6 nitrogen and oxygen atoms in total. The second-order valence-corrected chi connectivity index (χ2v) is 5.50. The normalized spacial score (nSPS) is 18.0. The van der Waals surface area contributed by atoms with Gasteiger partial charge in [-0.05, 0) is 18.6 Å². The molecule has 118 valence electrons. The number of hydrogen-bond acceptors (Lipinski definition) is 6. The van der Waals surface area contributed by atoms with Gasteiger partial charge in [-0.15, -0.1) is 0 Å². The number of hydrogen-bond donors (Lipinski definition) is 1. The second-order valence-electron chi connectivity index (χ2n) is 5.50. The van der Waals surface area contributed by atoms with Gasteiger partial charge >= 0.3 is 0 Å². The summed E-state index contributed by atoms with van der Waals surface area (Å²) in [5.74, 6) is 1.35. The molecule has 0 radical (unpaired) electrons. The van der Waals surface area contributed by atoms with Crippen molar-refractivity contribution < 1.29 is 9.26 Å². The number of nitrogens with zero attached hydrogens (tertiary/aromatic N) is 3. The molecule has 0 spiro atoms. The standard InChI is InChI=1S/C16H22N4O2/c1-21-10-8-15-18-16(22-19-15)11-17-13-7-9-20(12-13)14-5-3-2-4-6-14/h2-6,13,17H,7-12H2,1H3. The monoisotopic (exact) mass is 302 g/mol. The van der Waals surface area contributed by atoms with Crippen molar-refractivity contribution in [2.75, 3.05) is 31.7 Å². The fourth-order valence-corrected chi connectivity index (χ4v) is 2.69. The van der Waals surface area contributed by atoms with Crippen LogP contribution in [0, 0.1) is 0 Å². The average Bonchev–Trinajstić information content (AvgIpc) is 3.21. The van der Waals surface area contributed by atoms with Crippen LogP contribution < -0.4 is 10.2 Å². The van der Waals surface area contributed by atoms with Gasteiger partial charge in [0.05, 0.1) is 13.2 Å². The van der Waals surface area contributed by atoms with E-state index in [2.05, 4.69) is 44.6 Å². The van der Waals surface area contributed by atoms with Gasteiger partial charge in [-0.2, -0.15) is 4.98 Å². The molecule has 2 heterocycles. The van der Waals surface area contributed by atoms with E-state index in [9.17, 15) is 0 Å². The van der Waals surface area contributed by atoms with Gasteiger partial charge in [0.25, 0.3) is 0 Å². The number of ether oxygens (including phenoxy) is 1. The van der Waals surface area contributed by atoms with E-state index in [-0.39, 0.29) is 0 Å². The van der Waals surface area contributed by atoms with Crippen LogP contribution in [0.5, 0.6) is 0 Å². The number of aromatic nitrogens is 2. The Bertz CT molecular complexity index is 573. The molecule has 2 aromatic rings. The van der Waals surface area contributed by atoms with Crippen molar-refractivity contribution in [1.82, 2.24) is 15.5 Å². The number of rotatable bonds is 7. The third kappa shape index (κ3) is 3.84. The molecule has 0 saturated carbocycles. The van der Waals surface area contributed by atoms with Crippen molar-refractivity contribution in [3.8, 4) is 0 Å². The lowest BCUT2D eigenvalue weighted by molar-refractivity contribution is 0.199. The van der Waals surface area contributed by atoms with E-state index in [1.54, 1.807) is 7.11 Å². The smallest absolute Gasteiger partial charge is 0.240 e. The fourth-order valence-electron chi connectivity index (χ4n) is 2.69. The number of anilines is 1. The lowest BCUT2D eigenvalue weighted by atomic mass is 10.2. The molecule has 1 aromatic heterocycles. The quantitative estimate of drug-likeness (QED) is 0.838. The Morgan fingerprint density at radius 3 is 3.05 bits per heavy atom. The summed E-state index contributed by atoms with van der Waals surface area (Å²) in [4.78, 5) is 6.75. The molecule has 1 aromatic carbocycles. The summed E-state index contributed by atoms with van der Waals surface area (Å²) >= 11 is 0. The third-order valence-electron chi connectivity index (χ3n) is 3.89. The predicted molar refractivity (Wildman–Crippen MR) is 83.8 cm³/mol. The van der Waals surface area contributed by atoms with E-state index in [0.717, 1.165) is 19.5 Å². The van der Waals surface area contributed by atoms with Crippen LogP contribution in [0.3, 0.4) is 0 Å². The fraction of sp³-hybridized carbons (Fsp3) is 0.500. The Morgan fingerprint density at radius 1 is 1.36 bits per heavy atom. The molecular formula is C16H22N4O2. The number of methoxy groups -OCH3 is 1. The van der Waals surface area contributed by atoms with Crippen LogP contribution in [-0.4, -0.2) is 43.0 Å². The third-order valence-corrected chi connectivity index (χ3v) is 3.89. The summed E-state index contributed by atoms with van der Waals surface area (Å²) in [6.07, 6.45) is 1.81. The Kier molecular flexibility index (Phi) is 5.03. The van der Waals surface area contributed by atoms with Gasteiger partial charge < -0.3 is 19.5 Å². The molecular weight excluding hydrogens is 280 g/mol. The van der Waals surface area contributed by atoms with E-state index in [1.807, 2.05) is 6.07 Å². The number of para-hydroxylation sites is 1. The molecule has 6 heteroatoms. The Hall–Kier alpha value is -1.92. The van der Waals surface area contributed by atoms with Crippen molar-refractivity contribution in [2.45, 2.75) is 25.4 Å². The molecule has 0 amide bonds. The Balaban J connectivity index is 1.46. The van der Waals surface area contributed by atoms with Crippen molar-refractivity contribution >= 4 is 5.69 Å². The second kappa shape index (κ2) is 7.38. The highest BCUT2D eigenvalue weighted by Gasteiger charge is 2.22. The van der Waals surface area contributed by atoms with E-state index in [0.29, 0.717) is 37.3 Å². The maximum absolute atomic E-state index is 5.24. The zero-order valence-corrected chi connectivity index (χ0v) is 12.9. The highest BCUT2D eigenvalue weighted by atomic mass is 16.5. The molecule has 22 heavy (non-hydrogen) atoms. The molecule has 1 aliphatic heterocycles. The van der Waals surface area contributed by atoms with Gasteiger partial charge in [0, 0.05) is 38.3 Å². The summed E-state index contributed by atoms with van der Waals surface area (Å²) < 4.78 is 10.2. The van der Waals surface area contributed by atoms with Crippen LogP contribution in [-0.2, 0) is 17.7 Å². The highest BCUT2D eigenvalue weighted by Crippen LogP contribution is 2.19. The van der Waals surface area contributed by atoms with Gasteiger partial charge in [-0.1, -0.05) is 23.4 Å². The SMILES string of the molecule is COCCc1noc(CNC2CCN(c3ccccc3)C2)n1. The zero-order valence-electron chi connectivity index (χ0n) is 12.9. The van der Waals surface area contributed by atoms with E-state index in [4.69, 9.17) is 9.26 Å². The molecule has 1 fully saturated rings. The first-order valence-corrected chi connectivity index (χ1v) is 7.69. The lowest BCUT2D eigenvalue weighted by Gasteiger charge is -2.18. The summed E-state index contributed by atoms with van der Waals surface area (Å²) in [6.45, 7) is 3.31. The molecule has 3 rings (SSSR count). The minimum absolute atomic E-state index is 0.453. The molecule has 1 atom stereocenters. The Morgan fingerprint density at radius 2 is 2.23 bits per heavy atom. The molecule has 0 aliphatic carbocycles. The van der Waals surface area contributed by atoms with Crippen LogP contribution in [0.1, 0.15) is 18.1 Å². The predicted octanol–water partition coefficient (Wildman–Crippen LogP) is 1.63. The first kappa shape index (κ1) is 15.0. The van der Waals surface area contributed by atoms with E-state index < -0.39 is 0 Å². The zero-order chi connectivity index (χ0) is 15.2. The maximum Gasteiger partial charge on any atom is 0.240 e. The molecule has 1 aliphatic rings. The summed E-state index contributed by atoms with van der Waals surface area (Å²) in [7, 11) is 1.67. The topological polar surface area (TPSA) is 63.4 Å². The lowest BCUT2D eigenvalue weighted by Crippen LogP contribution is -2.32. The maximum atomic E-state index is 5.24. The van der Waals surface area contributed by atoms with Gasteiger partial charge in [0.15, 0.2) is 5.82 Å². The van der Waals surface area contributed by atoms with Crippen LogP contribution in [0.15, 0.2) is 34.9 Å². The van der Waals surface area contributed by atoms with Crippen molar-refractivity contribution in [3.05, 3.63) is 42.0 Å². The van der Waals surface area contributed by atoms with Crippen LogP contribution in [0.2, 0.25) is 0 Å². The van der Waals surface area contributed by atoms with Crippen LogP contribution >= 0.6 is 0 Å². The van der Waals surface area contributed by atoms with Crippen molar-refractivity contribution in [2.24, 2.45) is 0 Å². The van der Waals surface area contributed by atoms with Crippen LogP contribution in [0.4, 0.5) is 5.69 Å². The Labute approximate surface area is 130 Å². The highest BCUT2D eigenvalue weighted by molar-refractivity contribution is 5.47. The largest absolute Gasteiger partial charge is 0.384 e. The molecule has 0 bridgehead atoms. The van der Waals surface area contributed by atoms with Gasteiger partial charge in [-0.3, -0.25) is 0 Å². The van der Waals surface area contributed by atoms with Gasteiger partial charge in [0.2, 0.25) is 5.89 Å². The van der Waals surface area contributed by atoms with Crippen LogP contribution in [0.25, 0.3) is 0 Å². The van der Waals surface area contributed by atoms with E-state index >= 15 is 0 Å². The van der Waals surface area contributed by atoms with E-state index in [1.165, 1.54) is 5.69 Å². The summed E-state index contributed by atoms with van der Waals surface area (Å²) in [6, 6.07) is 11.0. The van der Waals surface area contributed by atoms with Gasteiger partial charge in [-0.25, -0.2) is 0 Å². The summed E-state index contributed by atoms with van der Waals surface area (Å²) in [5, 5.41) is 7.44. The van der Waals surface area contributed by atoms with Gasteiger partial charge in [0.1, 0.15) is 0 Å². The first-order chi connectivity index (χ1) is 10.8. The minimum Gasteiger partial charge on any atom is -0.384 e. The molecule has 1 unspecified atom stereocenters. The average molecular weight is 302 g/mol.